The molecule has 0 fully saturated rings. The van der Waals surface area contributed by atoms with Gasteiger partial charge >= 0.3 is 5.97 Å². The number of nitriles is 1. The van der Waals surface area contributed by atoms with Crippen LogP contribution in [0.5, 0.6) is 0 Å². The first kappa shape index (κ1) is 18.7. The number of allylic oxidation sites excluding steroid dienone is 2. The number of benzene rings is 1. The normalized spacial score (nSPS) is 12.8. The SMILES string of the molecule is CCCCC(CC)COC(=O)/C(C#N)=C/C=C/c1ccccc1. The van der Waals surface area contributed by atoms with Crippen molar-refractivity contribution in [1.29, 1.82) is 5.26 Å². The van der Waals surface area contributed by atoms with Gasteiger partial charge in [-0.15, -0.1) is 0 Å². The van der Waals surface area contributed by atoms with Crippen molar-refractivity contribution < 1.29 is 9.53 Å². The summed E-state index contributed by atoms with van der Waals surface area (Å²) in [6.07, 6.45) is 9.36. The summed E-state index contributed by atoms with van der Waals surface area (Å²) in [5.74, 6) is -0.168. The van der Waals surface area contributed by atoms with E-state index in [9.17, 15) is 4.79 Å². The average molecular weight is 311 g/mol. The van der Waals surface area contributed by atoms with Crippen molar-refractivity contribution in [2.24, 2.45) is 5.92 Å². The highest BCUT2D eigenvalue weighted by Gasteiger charge is 2.13. The number of hydrogen-bond acceptors (Lipinski definition) is 3. The molecule has 3 nitrogen and oxygen atoms in total. The number of nitrogens with zero attached hydrogens (tertiary/aromatic N) is 1. The number of unbranched alkanes of at least 4 members (excludes halogenated alkanes) is 1. The molecule has 0 heterocycles. The second-order valence-electron chi connectivity index (χ2n) is 5.48. The zero-order valence-electron chi connectivity index (χ0n) is 14.0. The molecule has 1 rings (SSSR count). The first-order chi connectivity index (χ1) is 11.2. The van der Waals surface area contributed by atoms with Crippen molar-refractivity contribution in [2.75, 3.05) is 6.61 Å². The lowest BCUT2D eigenvalue weighted by Gasteiger charge is -2.14. The van der Waals surface area contributed by atoms with Crippen molar-refractivity contribution in [3.63, 3.8) is 0 Å². The van der Waals surface area contributed by atoms with Gasteiger partial charge in [-0.2, -0.15) is 5.26 Å². The van der Waals surface area contributed by atoms with Crippen molar-refractivity contribution >= 4 is 12.0 Å². The van der Waals surface area contributed by atoms with Gasteiger partial charge in [-0.3, -0.25) is 0 Å². The summed E-state index contributed by atoms with van der Waals surface area (Å²) >= 11 is 0. The molecule has 0 aromatic heterocycles. The van der Waals surface area contributed by atoms with Gasteiger partial charge in [0.25, 0.3) is 0 Å². The molecule has 0 spiro atoms. The fraction of sp³-hybridized carbons (Fsp3) is 0.400. The van der Waals surface area contributed by atoms with Gasteiger partial charge in [0.2, 0.25) is 0 Å². The van der Waals surface area contributed by atoms with Crippen LogP contribution in [-0.2, 0) is 9.53 Å². The van der Waals surface area contributed by atoms with Gasteiger partial charge < -0.3 is 4.74 Å². The van der Waals surface area contributed by atoms with Crippen LogP contribution in [0.15, 0.2) is 48.1 Å². The predicted molar refractivity (Wildman–Crippen MR) is 93.4 cm³/mol. The Kier molecular flexibility index (Phi) is 9.16. The Labute approximate surface area is 139 Å². The van der Waals surface area contributed by atoms with E-state index < -0.39 is 5.97 Å². The molecule has 0 aliphatic carbocycles. The second-order valence-corrected chi connectivity index (χ2v) is 5.48. The third-order valence-electron chi connectivity index (χ3n) is 3.68. The summed E-state index contributed by atoms with van der Waals surface area (Å²) in [7, 11) is 0. The van der Waals surface area contributed by atoms with E-state index >= 15 is 0 Å². The van der Waals surface area contributed by atoms with E-state index in [-0.39, 0.29) is 5.57 Å². The summed E-state index contributed by atoms with van der Waals surface area (Å²) in [6.45, 7) is 4.63. The molecular formula is C20H25NO2. The minimum absolute atomic E-state index is 0.0301. The highest BCUT2D eigenvalue weighted by molar-refractivity contribution is 5.93. The zero-order chi connectivity index (χ0) is 16.9. The maximum Gasteiger partial charge on any atom is 0.348 e. The predicted octanol–water partition coefficient (Wildman–Crippen LogP) is 4.91. The first-order valence-electron chi connectivity index (χ1n) is 8.21. The third kappa shape index (κ3) is 7.46. The summed E-state index contributed by atoms with van der Waals surface area (Å²) in [5.41, 5.74) is 1.04. The maximum absolute atomic E-state index is 12.0. The Morgan fingerprint density at radius 1 is 1.30 bits per heavy atom. The maximum atomic E-state index is 12.0. The van der Waals surface area contributed by atoms with Gasteiger partial charge in [0.05, 0.1) is 6.61 Å². The summed E-state index contributed by atoms with van der Waals surface area (Å²) in [4.78, 5) is 12.0. The number of ether oxygens (including phenoxy) is 1. The topological polar surface area (TPSA) is 50.1 Å². The Balaban J connectivity index is 2.56. The molecule has 0 saturated heterocycles. The van der Waals surface area contributed by atoms with E-state index in [1.54, 1.807) is 6.08 Å². The number of carbonyl (C=O) groups is 1. The molecule has 0 saturated carbocycles. The molecule has 23 heavy (non-hydrogen) atoms. The molecule has 0 aliphatic heterocycles. The minimum atomic E-state index is -0.542. The van der Waals surface area contributed by atoms with Crippen LogP contribution in [0, 0.1) is 17.2 Å². The molecule has 1 aromatic carbocycles. The quantitative estimate of drug-likeness (QED) is 0.282. The van der Waals surface area contributed by atoms with Crippen molar-refractivity contribution in [2.45, 2.75) is 39.5 Å². The van der Waals surface area contributed by atoms with Gasteiger partial charge in [-0.1, -0.05) is 75.6 Å². The Bertz CT molecular complexity index is 567. The fourth-order valence-corrected chi connectivity index (χ4v) is 2.14. The Hall–Kier alpha value is -2.34. The highest BCUT2D eigenvalue weighted by Crippen LogP contribution is 2.13. The molecule has 1 unspecified atom stereocenters. The van der Waals surface area contributed by atoms with Gasteiger partial charge in [-0.05, 0) is 24.0 Å². The highest BCUT2D eigenvalue weighted by atomic mass is 16.5. The summed E-state index contributed by atoms with van der Waals surface area (Å²) < 4.78 is 5.28. The van der Waals surface area contributed by atoms with Crippen LogP contribution in [0.4, 0.5) is 0 Å². The van der Waals surface area contributed by atoms with Crippen LogP contribution in [0.2, 0.25) is 0 Å². The van der Waals surface area contributed by atoms with Crippen molar-refractivity contribution in [1.82, 2.24) is 0 Å². The molecule has 1 atom stereocenters. The standard InChI is InChI=1S/C20H25NO2/c1-3-5-10-17(4-2)16-23-20(22)19(15-21)14-9-13-18-11-7-6-8-12-18/h6-9,11-14,17H,3-5,10,16H2,1-2H3/b13-9+,19-14+. The van der Waals surface area contributed by atoms with Gasteiger partial charge in [0.1, 0.15) is 11.6 Å². The first-order valence-corrected chi connectivity index (χ1v) is 8.21. The van der Waals surface area contributed by atoms with Crippen LogP contribution in [0.1, 0.15) is 45.1 Å². The number of hydrogen-bond donors (Lipinski definition) is 0. The Morgan fingerprint density at radius 2 is 2.04 bits per heavy atom. The van der Waals surface area contributed by atoms with E-state index in [0.29, 0.717) is 12.5 Å². The molecule has 3 heteroatoms. The second kappa shape index (κ2) is 11.3. The van der Waals surface area contributed by atoms with Gasteiger partial charge in [0, 0.05) is 0 Å². The van der Waals surface area contributed by atoms with E-state index in [0.717, 1.165) is 31.2 Å². The van der Waals surface area contributed by atoms with Crippen LogP contribution in [-0.4, -0.2) is 12.6 Å². The fourth-order valence-electron chi connectivity index (χ4n) is 2.14. The molecule has 0 aliphatic rings. The molecule has 0 bridgehead atoms. The Morgan fingerprint density at radius 3 is 2.65 bits per heavy atom. The van der Waals surface area contributed by atoms with Crippen LogP contribution in [0.25, 0.3) is 6.08 Å². The lowest BCUT2D eigenvalue weighted by Crippen LogP contribution is -2.14. The van der Waals surface area contributed by atoms with E-state index in [4.69, 9.17) is 10.00 Å². The smallest absolute Gasteiger partial charge is 0.348 e. The van der Waals surface area contributed by atoms with Crippen molar-refractivity contribution in [3.8, 4) is 6.07 Å². The van der Waals surface area contributed by atoms with Gasteiger partial charge in [0.15, 0.2) is 0 Å². The van der Waals surface area contributed by atoms with E-state index in [1.807, 2.05) is 42.5 Å². The molecule has 0 radical (unpaired) electrons. The third-order valence-corrected chi connectivity index (χ3v) is 3.68. The molecule has 0 amide bonds. The molecule has 0 N–H and O–H groups in total. The summed E-state index contributed by atoms with van der Waals surface area (Å²) in [5, 5.41) is 9.10. The largest absolute Gasteiger partial charge is 0.461 e. The lowest BCUT2D eigenvalue weighted by atomic mass is 10.0. The van der Waals surface area contributed by atoms with Crippen LogP contribution in [0.3, 0.4) is 0 Å². The van der Waals surface area contributed by atoms with Gasteiger partial charge in [-0.25, -0.2) is 4.79 Å². The number of rotatable bonds is 9. The molecular weight excluding hydrogens is 286 g/mol. The number of carbonyl (C=O) groups excluding carboxylic acids is 1. The van der Waals surface area contributed by atoms with Crippen molar-refractivity contribution in [3.05, 3.63) is 53.6 Å². The lowest BCUT2D eigenvalue weighted by molar-refractivity contribution is -0.140. The average Bonchev–Trinajstić information content (AvgIpc) is 2.59. The van der Waals surface area contributed by atoms with E-state index in [2.05, 4.69) is 13.8 Å². The minimum Gasteiger partial charge on any atom is -0.461 e. The van der Waals surface area contributed by atoms with E-state index in [1.165, 1.54) is 6.08 Å². The molecule has 1 aromatic rings. The monoisotopic (exact) mass is 311 g/mol. The summed E-state index contributed by atoms with van der Waals surface area (Å²) in [6, 6.07) is 11.6. The van der Waals surface area contributed by atoms with Crippen LogP contribution >= 0.6 is 0 Å². The zero-order valence-corrected chi connectivity index (χ0v) is 14.0. The molecule has 122 valence electrons. The number of esters is 1. The van der Waals surface area contributed by atoms with Crippen LogP contribution < -0.4 is 0 Å².